The normalized spacial score (nSPS) is 10.6. The molecule has 0 heterocycles. The molecule has 0 bridgehead atoms. The van der Waals surface area contributed by atoms with Crippen LogP contribution in [0.2, 0.25) is 0 Å². The average molecular weight is 519 g/mol. The Morgan fingerprint density at radius 2 is 1.24 bits per heavy atom. The van der Waals surface area contributed by atoms with Crippen LogP contribution in [0.4, 0.5) is 25.0 Å². The van der Waals surface area contributed by atoms with Crippen molar-refractivity contribution < 1.29 is 32.6 Å². The molecule has 4 aromatic rings. The van der Waals surface area contributed by atoms with Gasteiger partial charge in [0.1, 0.15) is 34.8 Å². The van der Waals surface area contributed by atoms with Crippen LogP contribution in [0.15, 0.2) is 91.0 Å². The Balaban J connectivity index is 1.60. The van der Waals surface area contributed by atoms with E-state index in [1.807, 2.05) is 0 Å². The van der Waals surface area contributed by atoms with Crippen molar-refractivity contribution in [2.45, 2.75) is 6.10 Å². The number of nitrogens with one attached hydrogen (secondary N) is 2. The molecule has 4 aromatic carbocycles. The van der Waals surface area contributed by atoms with Crippen LogP contribution in [0.1, 0.15) is 27.6 Å². The smallest absolute Gasteiger partial charge is 0.341 e. The summed E-state index contributed by atoms with van der Waals surface area (Å²) in [5, 5.41) is 5.36. The molecule has 4 rings (SSSR count). The molecule has 9 heteroatoms. The van der Waals surface area contributed by atoms with Crippen molar-refractivity contribution in [2.24, 2.45) is 0 Å². The van der Waals surface area contributed by atoms with Gasteiger partial charge in [0.2, 0.25) is 0 Å². The number of hydrogen-bond acceptors (Lipinski definition) is 5. The van der Waals surface area contributed by atoms with E-state index in [0.29, 0.717) is 28.3 Å². The third-order valence-corrected chi connectivity index (χ3v) is 5.58. The Bertz CT molecular complexity index is 1360. The summed E-state index contributed by atoms with van der Waals surface area (Å²) in [6, 6.07) is 22.0. The molecule has 0 unspecified atom stereocenters. The van der Waals surface area contributed by atoms with Gasteiger partial charge in [-0.2, -0.15) is 0 Å². The molecule has 0 saturated carbocycles. The van der Waals surface area contributed by atoms with E-state index >= 15 is 0 Å². The van der Waals surface area contributed by atoms with Gasteiger partial charge in [-0.05, 0) is 77.9 Å². The first-order valence-corrected chi connectivity index (χ1v) is 11.5. The molecule has 0 radical (unpaired) electrons. The zero-order valence-electron chi connectivity index (χ0n) is 20.5. The Morgan fingerprint density at radius 1 is 0.711 bits per heavy atom. The Morgan fingerprint density at radius 3 is 1.76 bits per heavy atom. The number of esters is 1. The van der Waals surface area contributed by atoms with Crippen LogP contribution in [0.5, 0.6) is 11.5 Å². The van der Waals surface area contributed by atoms with E-state index in [1.165, 1.54) is 43.5 Å². The Labute approximate surface area is 218 Å². The molecular formula is C29H24F2N2O5. The maximum Gasteiger partial charge on any atom is 0.341 e. The largest absolute Gasteiger partial charge is 0.497 e. The molecule has 0 atom stereocenters. The van der Waals surface area contributed by atoms with Crippen LogP contribution in [-0.4, -0.2) is 26.2 Å². The number of urea groups is 1. The summed E-state index contributed by atoms with van der Waals surface area (Å²) in [6.07, 6.45) is -0.795. The molecule has 0 aliphatic carbocycles. The summed E-state index contributed by atoms with van der Waals surface area (Å²) in [6.45, 7) is 0. The Hall–Kier alpha value is -4.92. The zero-order valence-corrected chi connectivity index (χ0v) is 20.5. The number of amides is 2. The molecule has 2 N–H and O–H groups in total. The van der Waals surface area contributed by atoms with E-state index in [2.05, 4.69) is 10.6 Å². The highest BCUT2D eigenvalue weighted by atomic mass is 19.1. The van der Waals surface area contributed by atoms with Crippen LogP contribution in [-0.2, 0) is 4.74 Å². The lowest BCUT2D eigenvalue weighted by Crippen LogP contribution is -2.20. The van der Waals surface area contributed by atoms with E-state index in [1.54, 1.807) is 61.7 Å². The van der Waals surface area contributed by atoms with E-state index in [4.69, 9.17) is 14.2 Å². The minimum atomic E-state index is -0.795. The fraction of sp³-hybridized carbons (Fsp3) is 0.103. The van der Waals surface area contributed by atoms with Crippen LogP contribution >= 0.6 is 0 Å². The maximum absolute atomic E-state index is 13.6. The molecular weight excluding hydrogens is 494 g/mol. The first-order valence-electron chi connectivity index (χ1n) is 11.5. The summed E-state index contributed by atoms with van der Waals surface area (Å²) >= 11 is 0. The minimum Gasteiger partial charge on any atom is -0.497 e. The minimum absolute atomic E-state index is 0.0453. The van der Waals surface area contributed by atoms with Gasteiger partial charge in [-0.1, -0.05) is 24.3 Å². The summed E-state index contributed by atoms with van der Waals surface area (Å²) < 4.78 is 43.4. The quantitative estimate of drug-likeness (QED) is 0.258. The predicted molar refractivity (Wildman–Crippen MR) is 139 cm³/mol. The molecule has 0 spiro atoms. The highest BCUT2D eigenvalue weighted by Gasteiger charge is 2.22. The van der Waals surface area contributed by atoms with Crippen molar-refractivity contribution in [3.8, 4) is 11.5 Å². The van der Waals surface area contributed by atoms with Gasteiger partial charge in [-0.25, -0.2) is 18.4 Å². The molecule has 2 amide bonds. The molecule has 194 valence electrons. The third kappa shape index (κ3) is 6.44. The van der Waals surface area contributed by atoms with Crippen LogP contribution in [0.3, 0.4) is 0 Å². The lowest BCUT2D eigenvalue weighted by Gasteiger charge is -2.22. The monoisotopic (exact) mass is 518 g/mol. The number of benzene rings is 4. The van der Waals surface area contributed by atoms with Crippen molar-refractivity contribution >= 4 is 23.4 Å². The van der Waals surface area contributed by atoms with Crippen molar-refractivity contribution in [3.05, 3.63) is 119 Å². The molecule has 0 saturated heterocycles. The maximum atomic E-state index is 13.6. The Kier molecular flexibility index (Phi) is 8.17. The van der Waals surface area contributed by atoms with Gasteiger partial charge < -0.3 is 24.8 Å². The number of ether oxygens (including phenoxy) is 3. The summed E-state index contributed by atoms with van der Waals surface area (Å²) in [7, 11) is 2.77. The topological polar surface area (TPSA) is 85.9 Å². The summed E-state index contributed by atoms with van der Waals surface area (Å²) in [4.78, 5) is 25.1. The van der Waals surface area contributed by atoms with Gasteiger partial charge in [0, 0.05) is 11.4 Å². The van der Waals surface area contributed by atoms with Crippen LogP contribution < -0.4 is 20.1 Å². The van der Waals surface area contributed by atoms with Gasteiger partial charge in [0.25, 0.3) is 0 Å². The summed E-state index contributed by atoms with van der Waals surface area (Å²) in [5.74, 6) is -0.753. The van der Waals surface area contributed by atoms with Gasteiger partial charge in [0.05, 0.1) is 14.2 Å². The third-order valence-electron chi connectivity index (χ3n) is 5.58. The SMILES string of the molecule is COC(=O)c1cc(NC(=O)Nc2ccc(OC)cc2)ccc1OC(c1ccc(F)cc1)c1ccc(F)cc1. The van der Waals surface area contributed by atoms with E-state index in [-0.39, 0.29) is 11.3 Å². The standard InChI is InChI=1S/C29H24F2N2O5/c1-36-24-14-11-22(12-15-24)32-29(35)33-23-13-16-26(25(17-23)28(34)37-2)38-27(18-3-7-20(30)8-4-18)19-5-9-21(31)10-6-19/h3-17,27H,1-2H3,(H2,32,33,35). The van der Waals surface area contributed by atoms with Crippen LogP contribution in [0, 0.1) is 11.6 Å². The fourth-order valence-electron chi connectivity index (χ4n) is 3.68. The van der Waals surface area contributed by atoms with Gasteiger partial charge in [-0.3, -0.25) is 0 Å². The first kappa shape index (κ1) is 26.2. The number of methoxy groups -OCH3 is 2. The lowest BCUT2D eigenvalue weighted by atomic mass is 10.0. The van der Waals surface area contributed by atoms with Crippen molar-refractivity contribution in [1.29, 1.82) is 0 Å². The number of anilines is 2. The van der Waals surface area contributed by atoms with Crippen molar-refractivity contribution in [2.75, 3.05) is 24.9 Å². The second-order valence-corrected chi connectivity index (χ2v) is 8.11. The summed E-state index contributed by atoms with van der Waals surface area (Å²) in [5.41, 5.74) is 2.05. The van der Waals surface area contributed by atoms with Gasteiger partial charge in [0.15, 0.2) is 0 Å². The molecule has 0 fully saturated rings. The van der Waals surface area contributed by atoms with Crippen molar-refractivity contribution in [3.63, 3.8) is 0 Å². The van der Waals surface area contributed by atoms with E-state index in [9.17, 15) is 18.4 Å². The van der Waals surface area contributed by atoms with Gasteiger partial charge >= 0.3 is 12.0 Å². The number of halogens is 2. The van der Waals surface area contributed by atoms with E-state index < -0.39 is 29.7 Å². The van der Waals surface area contributed by atoms with E-state index in [0.717, 1.165) is 0 Å². The second-order valence-electron chi connectivity index (χ2n) is 8.11. The molecule has 0 aliphatic rings. The van der Waals surface area contributed by atoms with Crippen molar-refractivity contribution in [1.82, 2.24) is 0 Å². The molecule has 0 aromatic heterocycles. The lowest BCUT2D eigenvalue weighted by molar-refractivity contribution is 0.0594. The fourth-order valence-corrected chi connectivity index (χ4v) is 3.68. The second kappa shape index (κ2) is 11.9. The number of carbonyl (C=O) groups is 2. The number of hydrogen-bond donors (Lipinski definition) is 2. The highest BCUT2D eigenvalue weighted by Crippen LogP contribution is 2.33. The number of carbonyl (C=O) groups excluding carboxylic acids is 2. The highest BCUT2D eigenvalue weighted by molar-refractivity contribution is 6.01. The molecule has 7 nitrogen and oxygen atoms in total. The zero-order chi connectivity index (χ0) is 27.1. The number of rotatable bonds is 8. The van der Waals surface area contributed by atoms with Crippen LogP contribution in [0.25, 0.3) is 0 Å². The van der Waals surface area contributed by atoms with Gasteiger partial charge in [-0.15, -0.1) is 0 Å². The average Bonchev–Trinajstić information content (AvgIpc) is 2.93. The molecule has 0 aliphatic heterocycles. The first-order chi connectivity index (χ1) is 18.4. The molecule has 38 heavy (non-hydrogen) atoms. The predicted octanol–water partition coefficient (Wildman–Crippen LogP) is 6.57.